The molecular weight excluding hydrogens is 454 g/mol. The quantitative estimate of drug-likeness (QED) is 0.323. The monoisotopic (exact) mass is 479 g/mol. The van der Waals surface area contributed by atoms with Crippen LogP contribution in [0.3, 0.4) is 0 Å². The molecule has 6 heteroatoms. The second kappa shape index (κ2) is 10.4. The van der Waals surface area contributed by atoms with E-state index < -0.39 is 18.1 Å². The Labute approximate surface area is 209 Å². The number of para-hydroxylation sites is 1. The van der Waals surface area contributed by atoms with Crippen LogP contribution in [0.2, 0.25) is 0 Å². The van der Waals surface area contributed by atoms with Crippen LogP contribution in [0, 0.1) is 0 Å². The predicted molar refractivity (Wildman–Crippen MR) is 136 cm³/mol. The smallest absolute Gasteiger partial charge is 0.407 e. The Balaban J connectivity index is 1.20. The van der Waals surface area contributed by atoms with Gasteiger partial charge in [0.2, 0.25) is 0 Å². The van der Waals surface area contributed by atoms with Crippen molar-refractivity contribution in [2.24, 2.45) is 0 Å². The maximum absolute atomic E-state index is 12.6. The molecule has 1 aliphatic rings. The highest BCUT2D eigenvalue weighted by Gasteiger charge is 2.29. The Kier molecular flexibility index (Phi) is 6.67. The minimum absolute atomic E-state index is 0.0939. The Hall–Kier alpha value is -4.58. The molecular formula is C30H25NO5. The Morgan fingerprint density at radius 3 is 1.92 bits per heavy atom. The van der Waals surface area contributed by atoms with Gasteiger partial charge in [-0.25, -0.2) is 9.59 Å². The summed E-state index contributed by atoms with van der Waals surface area (Å²) in [6.07, 6.45) is -0.640. The van der Waals surface area contributed by atoms with E-state index in [9.17, 15) is 14.7 Å². The molecule has 0 saturated carbocycles. The molecule has 0 unspecified atom stereocenters. The number of carbonyl (C=O) groups excluding carboxylic acids is 1. The third-order valence-electron chi connectivity index (χ3n) is 6.28. The summed E-state index contributed by atoms with van der Waals surface area (Å²) in [5.74, 6) is 0.128. The Morgan fingerprint density at radius 2 is 1.31 bits per heavy atom. The van der Waals surface area contributed by atoms with Crippen LogP contribution >= 0.6 is 0 Å². The average molecular weight is 480 g/mol. The van der Waals surface area contributed by atoms with Gasteiger partial charge in [0.05, 0.1) is 0 Å². The van der Waals surface area contributed by atoms with Gasteiger partial charge in [-0.05, 0) is 52.1 Å². The number of carbonyl (C=O) groups is 2. The van der Waals surface area contributed by atoms with Crippen LogP contribution in [-0.4, -0.2) is 29.8 Å². The first-order valence-corrected chi connectivity index (χ1v) is 11.7. The van der Waals surface area contributed by atoms with E-state index in [-0.39, 0.29) is 18.9 Å². The van der Waals surface area contributed by atoms with Gasteiger partial charge < -0.3 is 19.9 Å². The van der Waals surface area contributed by atoms with E-state index in [1.807, 2.05) is 66.7 Å². The Morgan fingerprint density at radius 1 is 0.750 bits per heavy atom. The predicted octanol–water partition coefficient (Wildman–Crippen LogP) is 6.01. The molecule has 0 heterocycles. The zero-order valence-corrected chi connectivity index (χ0v) is 19.5. The number of fused-ring (bicyclic) bond motifs is 3. The Bertz CT molecular complexity index is 1320. The van der Waals surface area contributed by atoms with E-state index in [0.717, 1.165) is 27.8 Å². The van der Waals surface area contributed by atoms with Crippen LogP contribution in [-0.2, 0) is 16.0 Å². The summed E-state index contributed by atoms with van der Waals surface area (Å²) < 4.78 is 11.3. The van der Waals surface area contributed by atoms with Gasteiger partial charge in [0.25, 0.3) is 0 Å². The number of amides is 1. The van der Waals surface area contributed by atoms with Crippen LogP contribution in [0.5, 0.6) is 11.5 Å². The molecule has 2 N–H and O–H groups in total. The highest BCUT2D eigenvalue weighted by Crippen LogP contribution is 2.44. The number of hydrogen-bond acceptors (Lipinski definition) is 4. The molecule has 0 fully saturated rings. The third kappa shape index (κ3) is 5.08. The molecule has 1 aliphatic carbocycles. The molecule has 0 saturated heterocycles. The molecule has 5 rings (SSSR count). The largest absolute Gasteiger partial charge is 0.480 e. The van der Waals surface area contributed by atoms with Crippen molar-refractivity contribution in [1.82, 2.24) is 5.32 Å². The van der Waals surface area contributed by atoms with Crippen molar-refractivity contribution in [2.45, 2.75) is 18.4 Å². The van der Waals surface area contributed by atoms with Crippen molar-refractivity contribution in [3.05, 3.63) is 120 Å². The lowest BCUT2D eigenvalue weighted by atomic mass is 9.98. The number of aliphatic carboxylic acids is 1. The van der Waals surface area contributed by atoms with E-state index >= 15 is 0 Å². The lowest BCUT2D eigenvalue weighted by Gasteiger charge is -2.17. The minimum atomic E-state index is -1.13. The number of rotatable bonds is 8. The molecule has 0 aromatic heterocycles. The molecule has 0 radical (unpaired) electrons. The number of carboxylic acid groups (broad SMARTS) is 1. The number of carboxylic acids is 1. The minimum Gasteiger partial charge on any atom is -0.480 e. The first kappa shape index (κ1) is 23.2. The van der Waals surface area contributed by atoms with Crippen molar-refractivity contribution >= 4 is 12.1 Å². The fourth-order valence-electron chi connectivity index (χ4n) is 4.54. The summed E-state index contributed by atoms with van der Waals surface area (Å²) in [4.78, 5) is 24.4. The second-order valence-electron chi connectivity index (χ2n) is 8.62. The molecule has 4 aromatic carbocycles. The van der Waals surface area contributed by atoms with Gasteiger partial charge in [0.15, 0.2) is 0 Å². The fraction of sp³-hybridized carbons (Fsp3) is 0.133. The van der Waals surface area contributed by atoms with Gasteiger partial charge in [0, 0.05) is 12.3 Å². The van der Waals surface area contributed by atoms with Gasteiger partial charge in [0.1, 0.15) is 24.1 Å². The second-order valence-corrected chi connectivity index (χ2v) is 8.62. The topological polar surface area (TPSA) is 84.9 Å². The molecule has 0 aliphatic heterocycles. The highest BCUT2D eigenvalue weighted by atomic mass is 16.5. The van der Waals surface area contributed by atoms with E-state index in [0.29, 0.717) is 11.5 Å². The summed E-state index contributed by atoms with van der Waals surface area (Å²) in [5.41, 5.74) is 5.20. The molecule has 180 valence electrons. The molecule has 1 atom stereocenters. The molecule has 0 bridgehead atoms. The van der Waals surface area contributed by atoms with E-state index in [1.165, 1.54) is 0 Å². The lowest BCUT2D eigenvalue weighted by molar-refractivity contribution is -0.139. The molecule has 4 aromatic rings. The SMILES string of the molecule is O=C(N[C@H](Cc1ccc(Oc2ccccc2)cc1)C(=O)O)OCC1c2ccccc2-c2ccccc21. The third-order valence-corrected chi connectivity index (χ3v) is 6.28. The van der Waals surface area contributed by atoms with Crippen molar-refractivity contribution in [3.63, 3.8) is 0 Å². The van der Waals surface area contributed by atoms with Gasteiger partial charge >= 0.3 is 12.1 Å². The first-order chi connectivity index (χ1) is 17.6. The zero-order chi connectivity index (χ0) is 24.9. The number of nitrogens with one attached hydrogen (secondary N) is 1. The van der Waals surface area contributed by atoms with Crippen LogP contribution in [0.15, 0.2) is 103 Å². The van der Waals surface area contributed by atoms with Gasteiger partial charge in [-0.3, -0.25) is 0 Å². The summed E-state index contributed by atoms with van der Waals surface area (Å²) >= 11 is 0. The molecule has 36 heavy (non-hydrogen) atoms. The molecule has 0 spiro atoms. The van der Waals surface area contributed by atoms with Crippen LogP contribution in [0.4, 0.5) is 4.79 Å². The normalized spacial score (nSPS) is 12.8. The van der Waals surface area contributed by atoms with Crippen molar-refractivity contribution in [3.8, 4) is 22.6 Å². The first-order valence-electron chi connectivity index (χ1n) is 11.7. The average Bonchev–Trinajstić information content (AvgIpc) is 3.22. The summed E-state index contributed by atoms with van der Waals surface area (Å²) in [7, 11) is 0. The molecule has 1 amide bonds. The van der Waals surface area contributed by atoms with Crippen LogP contribution in [0.1, 0.15) is 22.6 Å². The standard InChI is InChI=1S/C30H25NO5/c32-29(33)28(18-20-14-16-22(17-15-20)36-21-8-2-1-3-9-21)31-30(34)35-19-27-25-12-6-4-10-23(25)24-11-5-7-13-26(24)27/h1-17,27-28H,18-19H2,(H,31,34)(H,32,33)/t28-/m1/s1. The van der Waals surface area contributed by atoms with Gasteiger partial charge in [-0.2, -0.15) is 0 Å². The number of ether oxygens (including phenoxy) is 2. The maximum Gasteiger partial charge on any atom is 0.407 e. The summed E-state index contributed by atoms with van der Waals surface area (Å²) in [6, 6.07) is 31.5. The number of benzene rings is 4. The van der Waals surface area contributed by atoms with Crippen LogP contribution in [0.25, 0.3) is 11.1 Å². The fourth-order valence-corrected chi connectivity index (χ4v) is 4.54. The summed E-state index contributed by atoms with van der Waals surface area (Å²) in [5, 5.41) is 12.2. The highest BCUT2D eigenvalue weighted by molar-refractivity contribution is 5.81. The summed E-state index contributed by atoms with van der Waals surface area (Å²) in [6.45, 7) is 0.123. The number of alkyl carbamates (subject to hydrolysis) is 1. The maximum atomic E-state index is 12.6. The van der Waals surface area contributed by atoms with E-state index in [4.69, 9.17) is 9.47 Å². The number of hydrogen-bond donors (Lipinski definition) is 2. The van der Waals surface area contributed by atoms with Gasteiger partial charge in [-0.15, -0.1) is 0 Å². The molecule has 6 nitrogen and oxygen atoms in total. The van der Waals surface area contributed by atoms with E-state index in [1.54, 1.807) is 24.3 Å². The van der Waals surface area contributed by atoms with Crippen molar-refractivity contribution in [2.75, 3.05) is 6.61 Å². The van der Waals surface area contributed by atoms with Gasteiger partial charge in [-0.1, -0.05) is 78.9 Å². The zero-order valence-electron chi connectivity index (χ0n) is 19.5. The lowest BCUT2D eigenvalue weighted by Crippen LogP contribution is -2.42. The van der Waals surface area contributed by atoms with Crippen molar-refractivity contribution < 1.29 is 24.2 Å². The van der Waals surface area contributed by atoms with Crippen LogP contribution < -0.4 is 10.1 Å². The van der Waals surface area contributed by atoms with E-state index in [2.05, 4.69) is 17.4 Å². The van der Waals surface area contributed by atoms with Crippen molar-refractivity contribution in [1.29, 1.82) is 0 Å².